The van der Waals surface area contributed by atoms with E-state index in [1.54, 1.807) is 0 Å². The van der Waals surface area contributed by atoms with E-state index in [4.69, 9.17) is 0 Å². The number of hydrogen-bond donors (Lipinski definition) is 1. The third-order valence-corrected chi connectivity index (χ3v) is 5.02. The zero-order valence-electron chi connectivity index (χ0n) is 11.4. The molecule has 4 rings (SSSR count). The van der Waals surface area contributed by atoms with E-state index in [0.717, 1.165) is 30.5 Å². The largest absolute Gasteiger partial charge is 0.368 e. The van der Waals surface area contributed by atoms with Crippen molar-refractivity contribution in [3.63, 3.8) is 0 Å². The van der Waals surface area contributed by atoms with Crippen LogP contribution in [0.15, 0.2) is 29.0 Å². The van der Waals surface area contributed by atoms with Crippen molar-refractivity contribution in [1.82, 2.24) is 10.3 Å². The van der Waals surface area contributed by atoms with Gasteiger partial charge in [0.05, 0.1) is 0 Å². The van der Waals surface area contributed by atoms with Crippen molar-refractivity contribution in [3.8, 4) is 0 Å². The fraction of sp³-hybridized carbons (Fsp3) is 0.438. The first-order valence-electron chi connectivity index (χ1n) is 7.36. The molecule has 0 radical (unpaired) electrons. The zero-order chi connectivity index (χ0) is 13.5. The summed E-state index contributed by atoms with van der Waals surface area (Å²) in [6.07, 6.45) is 7.63. The average Bonchev–Trinajstić information content (AvgIpc) is 2.48. The summed E-state index contributed by atoms with van der Waals surface area (Å²) in [7, 11) is 0. The molecule has 1 aromatic heterocycles. The first kappa shape index (κ1) is 12.6. The Balaban J connectivity index is 1.86. The molecule has 0 amide bonds. The fourth-order valence-electron chi connectivity index (χ4n) is 3.61. The summed E-state index contributed by atoms with van der Waals surface area (Å²) < 4.78 is 1.15. The molecule has 0 unspecified atom stereocenters. The number of halogens is 1. The molecule has 3 heterocycles. The van der Waals surface area contributed by atoms with Crippen LogP contribution in [0.3, 0.4) is 0 Å². The second-order valence-electron chi connectivity index (χ2n) is 5.75. The Hall–Kier alpha value is -1.13. The number of piperidine rings is 1. The van der Waals surface area contributed by atoms with Gasteiger partial charge in [-0.05, 0) is 50.0 Å². The molecule has 0 bridgehead atoms. The Kier molecular flexibility index (Phi) is 3.15. The molecule has 1 fully saturated rings. The molecule has 1 N–H and O–H groups in total. The third kappa shape index (κ3) is 2.02. The topological polar surface area (TPSA) is 28.2 Å². The Bertz CT molecular complexity index is 649. The monoisotopic (exact) mass is 331 g/mol. The van der Waals surface area contributed by atoms with E-state index >= 15 is 0 Å². The lowest BCUT2D eigenvalue weighted by molar-refractivity contribution is 0.429. The van der Waals surface area contributed by atoms with Crippen LogP contribution in [0.1, 0.15) is 18.4 Å². The van der Waals surface area contributed by atoms with E-state index in [1.165, 1.54) is 34.9 Å². The van der Waals surface area contributed by atoms with Gasteiger partial charge in [0.2, 0.25) is 0 Å². The molecular weight excluding hydrogens is 314 g/mol. The summed E-state index contributed by atoms with van der Waals surface area (Å²) in [5, 5.41) is 6.13. The number of nitrogens with zero attached hydrogens (tertiary/aromatic N) is 2. The van der Waals surface area contributed by atoms with Crippen LogP contribution in [-0.2, 0) is 6.42 Å². The summed E-state index contributed by atoms with van der Waals surface area (Å²) in [5.41, 5.74) is 2.79. The lowest BCUT2D eigenvalue weighted by atomic mass is 9.95. The quantitative estimate of drug-likeness (QED) is 0.870. The normalized spacial score (nSPS) is 19.6. The van der Waals surface area contributed by atoms with E-state index in [1.807, 2.05) is 12.4 Å². The minimum Gasteiger partial charge on any atom is -0.368 e. The molecule has 0 spiro atoms. The molecule has 4 heteroatoms. The number of aromatic nitrogens is 1. The summed E-state index contributed by atoms with van der Waals surface area (Å²) in [6, 6.07) is 5.14. The van der Waals surface area contributed by atoms with Crippen molar-refractivity contribution in [2.45, 2.75) is 25.3 Å². The molecule has 2 aliphatic rings. The highest BCUT2D eigenvalue weighted by Gasteiger charge is 2.26. The summed E-state index contributed by atoms with van der Waals surface area (Å²) in [5.74, 6) is 0. The minimum absolute atomic E-state index is 0.676. The maximum absolute atomic E-state index is 4.39. The van der Waals surface area contributed by atoms with E-state index in [2.05, 4.69) is 43.3 Å². The molecule has 0 atom stereocenters. The van der Waals surface area contributed by atoms with Crippen LogP contribution >= 0.6 is 15.9 Å². The Morgan fingerprint density at radius 3 is 2.90 bits per heavy atom. The predicted molar refractivity (Wildman–Crippen MR) is 86.4 cm³/mol. The van der Waals surface area contributed by atoms with Crippen molar-refractivity contribution >= 4 is 32.4 Å². The molecular formula is C16H18BrN3. The maximum atomic E-state index is 4.39. The van der Waals surface area contributed by atoms with Gasteiger partial charge in [0.25, 0.3) is 0 Å². The first-order chi connectivity index (χ1) is 9.83. The van der Waals surface area contributed by atoms with Gasteiger partial charge in [-0.15, -0.1) is 0 Å². The van der Waals surface area contributed by atoms with E-state index in [0.29, 0.717) is 6.04 Å². The summed E-state index contributed by atoms with van der Waals surface area (Å²) in [4.78, 5) is 7.01. The second kappa shape index (κ2) is 5.01. The van der Waals surface area contributed by atoms with Gasteiger partial charge >= 0.3 is 0 Å². The van der Waals surface area contributed by atoms with Gasteiger partial charge in [-0.1, -0.05) is 15.9 Å². The van der Waals surface area contributed by atoms with Crippen molar-refractivity contribution < 1.29 is 0 Å². The number of pyridine rings is 1. The lowest BCUT2D eigenvalue weighted by Crippen LogP contribution is -2.45. The Labute approximate surface area is 127 Å². The summed E-state index contributed by atoms with van der Waals surface area (Å²) >= 11 is 3.66. The summed E-state index contributed by atoms with van der Waals surface area (Å²) in [6.45, 7) is 3.40. The number of nitrogens with one attached hydrogen (secondary N) is 1. The Morgan fingerprint density at radius 1 is 1.20 bits per heavy atom. The van der Waals surface area contributed by atoms with Crippen molar-refractivity contribution in [1.29, 1.82) is 0 Å². The van der Waals surface area contributed by atoms with Crippen molar-refractivity contribution in [2.24, 2.45) is 0 Å². The van der Waals surface area contributed by atoms with E-state index in [9.17, 15) is 0 Å². The van der Waals surface area contributed by atoms with E-state index in [-0.39, 0.29) is 0 Å². The molecule has 1 aromatic carbocycles. The van der Waals surface area contributed by atoms with Gasteiger partial charge in [-0.2, -0.15) is 0 Å². The standard InChI is InChI=1S/C16H18BrN3/c17-13-7-12-10-19-9-11-3-6-20(15(8-13)16(11)12)14-1-4-18-5-2-14/h7-10,14,18H,1-6H2. The SMILES string of the molecule is Brc1cc2c3c(cncc3c1)CCN2C1CCNCC1. The predicted octanol–water partition coefficient (Wildman–Crippen LogP) is 3.11. The Morgan fingerprint density at radius 2 is 2.05 bits per heavy atom. The minimum atomic E-state index is 0.676. The molecule has 2 aromatic rings. The molecule has 20 heavy (non-hydrogen) atoms. The highest BCUT2D eigenvalue weighted by atomic mass is 79.9. The highest BCUT2D eigenvalue weighted by molar-refractivity contribution is 9.10. The van der Waals surface area contributed by atoms with Gasteiger partial charge in [-0.25, -0.2) is 0 Å². The highest BCUT2D eigenvalue weighted by Crippen LogP contribution is 2.38. The van der Waals surface area contributed by atoms with Crippen LogP contribution < -0.4 is 10.2 Å². The second-order valence-corrected chi connectivity index (χ2v) is 6.66. The van der Waals surface area contributed by atoms with E-state index < -0.39 is 0 Å². The van der Waals surface area contributed by atoms with Gasteiger partial charge in [0, 0.05) is 45.9 Å². The van der Waals surface area contributed by atoms with Crippen molar-refractivity contribution in [3.05, 3.63) is 34.6 Å². The van der Waals surface area contributed by atoms with Crippen molar-refractivity contribution in [2.75, 3.05) is 24.5 Å². The number of hydrogen-bond acceptors (Lipinski definition) is 3. The van der Waals surface area contributed by atoms with Gasteiger partial charge in [0.1, 0.15) is 0 Å². The van der Waals surface area contributed by atoms with Crippen LogP contribution in [0.4, 0.5) is 5.69 Å². The zero-order valence-corrected chi connectivity index (χ0v) is 13.0. The van der Waals surface area contributed by atoms with Crippen LogP contribution in [0, 0.1) is 0 Å². The molecule has 1 saturated heterocycles. The first-order valence-corrected chi connectivity index (χ1v) is 8.16. The third-order valence-electron chi connectivity index (χ3n) is 4.56. The van der Waals surface area contributed by atoms with Gasteiger partial charge in [0.15, 0.2) is 0 Å². The molecule has 0 saturated carbocycles. The van der Waals surface area contributed by atoms with Gasteiger partial charge < -0.3 is 10.2 Å². The lowest BCUT2D eigenvalue weighted by Gasteiger charge is -2.39. The molecule has 0 aliphatic carbocycles. The van der Waals surface area contributed by atoms with Crippen LogP contribution in [-0.4, -0.2) is 30.7 Å². The fourth-order valence-corrected chi connectivity index (χ4v) is 4.08. The number of anilines is 1. The molecule has 2 aliphatic heterocycles. The molecule has 104 valence electrons. The van der Waals surface area contributed by atoms with Crippen LogP contribution in [0.5, 0.6) is 0 Å². The molecule has 3 nitrogen and oxygen atoms in total. The maximum Gasteiger partial charge on any atom is 0.0463 e. The van der Waals surface area contributed by atoms with Crippen LogP contribution in [0.25, 0.3) is 10.8 Å². The smallest absolute Gasteiger partial charge is 0.0463 e. The number of rotatable bonds is 1. The average molecular weight is 332 g/mol. The number of benzene rings is 1. The van der Waals surface area contributed by atoms with Gasteiger partial charge in [-0.3, -0.25) is 4.98 Å². The van der Waals surface area contributed by atoms with Crippen LogP contribution in [0.2, 0.25) is 0 Å².